The van der Waals surface area contributed by atoms with Crippen LogP contribution in [0.25, 0.3) is 0 Å². The summed E-state index contributed by atoms with van der Waals surface area (Å²) < 4.78 is 0. The summed E-state index contributed by atoms with van der Waals surface area (Å²) in [5, 5.41) is 2.06. The van der Waals surface area contributed by atoms with Gasteiger partial charge in [0.1, 0.15) is 0 Å². The van der Waals surface area contributed by atoms with Crippen molar-refractivity contribution >= 4 is 0 Å². The lowest BCUT2D eigenvalue weighted by molar-refractivity contribution is -0.167. The van der Waals surface area contributed by atoms with Gasteiger partial charge in [-0.2, -0.15) is 0 Å². The van der Waals surface area contributed by atoms with E-state index in [9.17, 15) is 0 Å². The van der Waals surface area contributed by atoms with Crippen LogP contribution in [0.4, 0.5) is 0 Å². The molecule has 68 valence electrons. The molecule has 2 heteroatoms. The van der Waals surface area contributed by atoms with Crippen LogP contribution >= 0.6 is 0 Å². The van der Waals surface area contributed by atoms with E-state index in [4.69, 9.17) is 4.84 Å². The Morgan fingerprint density at radius 3 is 2.92 bits per heavy atom. The van der Waals surface area contributed by atoms with Crippen molar-refractivity contribution in [2.45, 2.75) is 38.6 Å². The van der Waals surface area contributed by atoms with Crippen molar-refractivity contribution in [2.75, 3.05) is 6.61 Å². The van der Waals surface area contributed by atoms with Crippen LogP contribution in [0.3, 0.4) is 0 Å². The summed E-state index contributed by atoms with van der Waals surface area (Å²) in [5.74, 6) is 0.750. The third-order valence-corrected chi connectivity index (χ3v) is 3.44. The molecule has 2 rings (SSSR count). The van der Waals surface area contributed by atoms with Gasteiger partial charge in [0.2, 0.25) is 0 Å². The van der Waals surface area contributed by atoms with Gasteiger partial charge in [0.25, 0.3) is 0 Å². The van der Waals surface area contributed by atoms with Gasteiger partial charge in [-0.3, -0.25) is 9.90 Å². The van der Waals surface area contributed by atoms with E-state index < -0.39 is 0 Å². The predicted octanol–water partition coefficient (Wildman–Crippen LogP) is 2.33. The van der Waals surface area contributed by atoms with Crippen molar-refractivity contribution in [1.82, 2.24) is 5.06 Å². The fraction of sp³-hybridized carbons (Fsp3) is 0.800. The molecule has 0 amide bonds. The van der Waals surface area contributed by atoms with Gasteiger partial charge in [-0.15, -0.1) is 0 Å². The summed E-state index contributed by atoms with van der Waals surface area (Å²) in [5.41, 5.74) is 0.257. The monoisotopic (exact) mass is 167 g/mol. The Balaban J connectivity index is 2.13. The van der Waals surface area contributed by atoms with Gasteiger partial charge in [-0.25, -0.2) is 0 Å². The Hall–Kier alpha value is -0.500. The minimum absolute atomic E-state index is 0.257. The van der Waals surface area contributed by atoms with E-state index >= 15 is 0 Å². The number of nitrogens with zero attached hydrogens (tertiary/aromatic N) is 1. The van der Waals surface area contributed by atoms with Crippen molar-refractivity contribution in [3.8, 4) is 0 Å². The molecule has 0 spiro atoms. The number of rotatable bonds is 1. The van der Waals surface area contributed by atoms with Gasteiger partial charge in [0.05, 0.1) is 12.1 Å². The van der Waals surface area contributed by atoms with Crippen molar-refractivity contribution < 1.29 is 4.84 Å². The van der Waals surface area contributed by atoms with E-state index in [2.05, 4.69) is 31.2 Å². The lowest BCUT2D eigenvalue weighted by Crippen LogP contribution is -2.43. The van der Waals surface area contributed by atoms with Crippen molar-refractivity contribution in [1.29, 1.82) is 0 Å². The first-order valence-corrected chi connectivity index (χ1v) is 4.82. The summed E-state index contributed by atoms with van der Waals surface area (Å²) in [6, 6.07) is 0. The SMILES string of the molecule is CC1CCCC1(C)N1C=CCO1. The average Bonchev–Trinajstić information content (AvgIpc) is 2.62. The minimum Gasteiger partial charge on any atom is -0.269 e. The highest BCUT2D eigenvalue weighted by atomic mass is 16.7. The van der Waals surface area contributed by atoms with E-state index in [1.54, 1.807) is 0 Å². The van der Waals surface area contributed by atoms with Gasteiger partial charge in [0.15, 0.2) is 0 Å². The Morgan fingerprint density at radius 2 is 2.42 bits per heavy atom. The number of hydroxylamine groups is 2. The van der Waals surface area contributed by atoms with E-state index in [1.807, 2.05) is 0 Å². The third kappa shape index (κ3) is 1.06. The fourth-order valence-corrected chi connectivity index (χ4v) is 2.27. The fourth-order valence-electron chi connectivity index (χ4n) is 2.27. The highest BCUT2D eigenvalue weighted by molar-refractivity contribution is 4.99. The summed E-state index contributed by atoms with van der Waals surface area (Å²) in [6.45, 7) is 5.38. The van der Waals surface area contributed by atoms with Crippen LogP contribution in [0, 0.1) is 5.92 Å². The van der Waals surface area contributed by atoms with Crippen LogP contribution in [-0.2, 0) is 4.84 Å². The van der Waals surface area contributed by atoms with Crippen LogP contribution in [0.2, 0.25) is 0 Å². The van der Waals surface area contributed by atoms with Crippen LogP contribution in [0.5, 0.6) is 0 Å². The molecule has 2 nitrogen and oxygen atoms in total. The van der Waals surface area contributed by atoms with Gasteiger partial charge >= 0.3 is 0 Å². The molecule has 1 saturated carbocycles. The molecule has 1 aliphatic heterocycles. The predicted molar refractivity (Wildman–Crippen MR) is 48.4 cm³/mol. The molecule has 0 saturated heterocycles. The molecule has 1 aliphatic carbocycles. The van der Waals surface area contributed by atoms with Crippen LogP contribution in [0.15, 0.2) is 12.3 Å². The van der Waals surface area contributed by atoms with Crippen LogP contribution in [-0.4, -0.2) is 17.2 Å². The molecule has 0 radical (unpaired) electrons. The largest absolute Gasteiger partial charge is 0.269 e. The molecule has 0 N–H and O–H groups in total. The van der Waals surface area contributed by atoms with E-state index in [1.165, 1.54) is 19.3 Å². The first-order valence-electron chi connectivity index (χ1n) is 4.82. The highest BCUT2D eigenvalue weighted by Gasteiger charge is 2.41. The second-order valence-electron chi connectivity index (χ2n) is 4.16. The summed E-state index contributed by atoms with van der Waals surface area (Å²) in [7, 11) is 0. The zero-order chi connectivity index (χ0) is 8.60. The van der Waals surface area contributed by atoms with Crippen molar-refractivity contribution in [2.24, 2.45) is 5.92 Å². The van der Waals surface area contributed by atoms with Crippen molar-refractivity contribution in [3.05, 3.63) is 12.3 Å². The number of hydrogen-bond donors (Lipinski definition) is 0. The molecule has 0 aromatic carbocycles. The zero-order valence-electron chi connectivity index (χ0n) is 7.92. The molecular formula is C10H17NO. The summed E-state index contributed by atoms with van der Waals surface area (Å²) >= 11 is 0. The average molecular weight is 167 g/mol. The highest BCUT2D eigenvalue weighted by Crippen LogP contribution is 2.40. The Kier molecular flexibility index (Phi) is 1.87. The maximum Gasteiger partial charge on any atom is 0.0948 e. The lowest BCUT2D eigenvalue weighted by atomic mass is 9.90. The molecule has 1 fully saturated rings. The summed E-state index contributed by atoms with van der Waals surface area (Å²) in [4.78, 5) is 5.53. The normalized spacial score (nSPS) is 41.2. The lowest BCUT2D eigenvalue weighted by Gasteiger charge is -2.37. The molecule has 2 unspecified atom stereocenters. The Labute approximate surface area is 74.1 Å². The first kappa shape index (κ1) is 8.11. The molecule has 12 heavy (non-hydrogen) atoms. The van der Waals surface area contributed by atoms with E-state index in [-0.39, 0.29) is 5.54 Å². The first-order chi connectivity index (χ1) is 5.73. The summed E-state index contributed by atoms with van der Waals surface area (Å²) in [6.07, 6.45) is 8.10. The van der Waals surface area contributed by atoms with Gasteiger partial charge in [-0.05, 0) is 31.8 Å². The van der Waals surface area contributed by atoms with E-state index in [0.29, 0.717) is 0 Å². The molecule has 2 atom stereocenters. The second-order valence-corrected chi connectivity index (χ2v) is 4.16. The van der Waals surface area contributed by atoms with Crippen LogP contribution < -0.4 is 0 Å². The standard InChI is InChI=1S/C10H17NO/c1-9-5-3-6-10(9,2)11-7-4-8-12-11/h4,7,9H,3,5-6,8H2,1-2H3. The number of hydrogen-bond acceptors (Lipinski definition) is 2. The molecule has 0 bridgehead atoms. The van der Waals surface area contributed by atoms with Gasteiger partial charge < -0.3 is 0 Å². The Bertz CT molecular complexity index is 202. The zero-order valence-corrected chi connectivity index (χ0v) is 7.92. The molecule has 0 aromatic rings. The molecule has 2 aliphatic rings. The maximum absolute atomic E-state index is 5.53. The molecule has 1 heterocycles. The van der Waals surface area contributed by atoms with Crippen LogP contribution in [0.1, 0.15) is 33.1 Å². The molecule has 0 aromatic heterocycles. The smallest absolute Gasteiger partial charge is 0.0948 e. The maximum atomic E-state index is 5.53. The topological polar surface area (TPSA) is 12.5 Å². The quantitative estimate of drug-likeness (QED) is 0.594. The van der Waals surface area contributed by atoms with Crippen molar-refractivity contribution in [3.63, 3.8) is 0 Å². The molecular weight excluding hydrogens is 150 g/mol. The second kappa shape index (κ2) is 2.77. The Morgan fingerprint density at radius 1 is 1.58 bits per heavy atom. The van der Waals surface area contributed by atoms with Gasteiger partial charge in [0, 0.05) is 6.20 Å². The van der Waals surface area contributed by atoms with E-state index in [0.717, 1.165) is 12.5 Å². The van der Waals surface area contributed by atoms with Gasteiger partial charge in [-0.1, -0.05) is 13.3 Å². The third-order valence-electron chi connectivity index (χ3n) is 3.44. The minimum atomic E-state index is 0.257.